The number of oxazole rings is 1. The molecule has 10 heteroatoms. The summed E-state index contributed by atoms with van der Waals surface area (Å²) in [5, 5.41) is 5.25. The van der Waals surface area contributed by atoms with Crippen molar-refractivity contribution < 1.29 is 27.0 Å². The van der Waals surface area contributed by atoms with E-state index in [9.17, 15) is 8.42 Å². The molecular formula is C29H31N3O6S. The van der Waals surface area contributed by atoms with Crippen molar-refractivity contribution in [3.05, 3.63) is 90.1 Å². The molecule has 0 radical (unpaired) electrons. The van der Waals surface area contributed by atoms with Crippen LogP contribution in [0.3, 0.4) is 0 Å². The summed E-state index contributed by atoms with van der Waals surface area (Å²) in [7, 11) is -2.07. The minimum Gasteiger partial charge on any atom is -0.440 e. The highest BCUT2D eigenvalue weighted by molar-refractivity contribution is 7.89. The van der Waals surface area contributed by atoms with Gasteiger partial charge in [0.2, 0.25) is 10.0 Å². The van der Waals surface area contributed by atoms with Gasteiger partial charge >= 0.3 is 0 Å². The van der Waals surface area contributed by atoms with Crippen LogP contribution in [0.25, 0.3) is 22.6 Å². The van der Waals surface area contributed by atoms with E-state index in [1.54, 1.807) is 19.2 Å². The first-order valence-electron chi connectivity index (χ1n) is 12.7. The lowest BCUT2D eigenvalue weighted by molar-refractivity contribution is -0.0974. The van der Waals surface area contributed by atoms with Crippen LogP contribution in [-0.4, -0.2) is 45.3 Å². The second-order valence-corrected chi connectivity index (χ2v) is 10.9. The Labute approximate surface area is 228 Å². The topological polar surface area (TPSA) is 127 Å². The molecule has 204 valence electrons. The maximum Gasteiger partial charge on any atom is 0.238 e. The molecule has 1 saturated heterocycles. The molecule has 39 heavy (non-hydrogen) atoms. The number of nitrogens with two attached hydrogens (primary N) is 1. The number of sulfonamides is 1. The summed E-state index contributed by atoms with van der Waals surface area (Å²) in [5.74, 6) is 1.06. The largest absolute Gasteiger partial charge is 0.440 e. The lowest BCUT2D eigenvalue weighted by atomic mass is 9.90. The van der Waals surface area contributed by atoms with E-state index in [2.05, 4.69) is 0 Å². The molecule has 3 heterocycles. The number of methoxy groups -OCH3 is 1. The first-order valence-corrected chi connectivity index (χ1v) is 14.3. The molecule has 0 spiro atoms. The molecule has 1 fully saturated rings. The van der Waals surface area contributed by atoms with Gasteiger partial charge < -0.3 is 18.6 Å². The zero-order valence-corrected chi connectivity index (χ0v) is 22.5. The van der Waals surface area contributed by atoms with Crippen molar-refractivity contribution in [2.45, 2.75) is 36.4 Å². The molecule has 0 aliphatic carbocycles. The van der Waals surface area contributed by atoms with E-state index in [-0.39, 0.29) is 4.90 Å². The van der Waals surface area contributed by atoms with Crippen molar-refractivity contribution in [2.75, 3.05) is 26.9 Å². The first kappa shape index (κ1) is 27.2. The number of hydrogen-bond acceptors (Lipinski definition) is 8. The Morgan fingerprint density at radius 1 is 0.923 bits per heavy atom. The third kappa shape index (κ3) is 6.26. The molecule has 2 aromatic carbocycles. The van der Waals surface area contributed by atoms with Gasteiger partial charge in [0.15, 0.2) is 11.7 Å². The fourth-order valence-corrected chi connectivity index (χ4v) is 5.19. The zero-order valence-electron chi connectivity index (χ0n) is 21.7. The number of hydrogen-bond donors (Lipinski definition) is 1. The van der Waals surface area contributed by atoms with Gasteiger partial charge in [0.25, 0.3) is 0 Å². The van der Waals surface area contributed by atoms with Crippen LogP contribution in [0, 0.1) is 0 Å². The quantitative estimate of drug-likeness (QED) is 0.287. The predicted molar refractivity (Wildman–Crippen MR) is 145 cm³/mol. The summed E-state index contributed by atoms with van der Waals surface area (Å²) < 4.78 is 46.8. The van der Waals surface area contributed by atoms with Crippen LogP contribution in [0.15, 0.2) is 82.1 Å². The Hall–Kier alpha value is -3.41. The molecule has 2 N–H and O–H groups in total. The Bertz CT molecular complexity index is 1500. The highest BCUT2D eigenvalue weighted by Crippen LogP contribution is 2.35. The molecule has 0 unspecified atom stereocenters. The number of aromatic nitrogens is 2. The van der Waals surface area contributed by atoms with Gasteiger partial charge in [-0.3, -0.25) is 4.98 Å². The Morgan fingerprint density at radius 3 is 2.36 bits per heavy atom. The fourth-order valence-electron chi connectivity index (χ4n) is 4.67. The van der Waals surface area contributed by atoms with Gasteiger partial charge in [0, 0.05) is 50.7 Å². The van der Waals surface area contributed by atoms with Crippen molar-refractivity contribution in [1.82, 2.24) is 9.97 Å². The summed E-state index contributed by atoms with van der Waals surface area (Å²) >= 11 is 0. The standard InChI is InChI=1S/C29H31N3O6S/c1-35-29(15-18-36-19-16-29)25-9-5-8-23(31-25)20-37-17-14-26-32-27(21-6-3-2-4-7-21)28(38-26)22-10-12-24(13-11-22)39(30,33)34/h2-13H,14-20H2,1H3,(H2,30,33,34). The smallest absolute Gasteiger partial charge is 0.238 e. The highest BCUT2D eigenvalue weighted by Gasteiger charge is 2.35. The maximum absolute atomic E-state index is 11.7. The number of rotatable bonds is 10. The summed E-state index contributed by atoms with van der Waals surface area (Å²) in [6.45, 7) is 2.03. The number of primary sulfonamides is 1. The van der Waals surface area contributed by atoms with Gasteiger partial charge in [-0.25, -0.2) is 18.5 Å². The van der Waals surface area contributed by atoms with Crippen molar-refractivity contribution in [3.63, 3.8) is 0 Å². The number of pyridine rings is 1. The SMILES string of the molecule is COC1(c2cccc(COCCc3nc(-c4ccccc4)c(-c4ccc(S(N)(=O)=O)cc4)o3)n2)CCOCC1. The number of nitrogens with zero attached hydrogens (tertiary/aromatic N) is 2. The average Bonchev–Trinajstić information content (AvgIpc) is 3.40. The van der Waals surface area contributed by atoms with Crippen molar-refractivity contribution >= 4 is 10.0 Å². The maximum atomic E-state index is 11.7. The normalized spacial score (nSPS) is 15.3. The Balaban J connectivity index is 1.29. The third-order valence-corrected chi connectivity index (χ3v) is 7.77. The van der Waals surface area contributed by atoms with Crippen molar-refractivity contribution in [2.24, 2.45) is 5.14 Å². The van der Waals surface area contributed by atoms with Gasteiger partial charge in [-0.05, 0) is 36.4 Å². The van der Waals surface area contributed by atoms with Gasteiger partial charge in [-0.2, -0.15) is 0 Å². The first-order chi connectivity index (χ1) is 18.9. The van der Waals surface area contributed by atoms with Crippen molar-refractivity contribution in [3.8, 4) is 22.6 Å². The molecule has 1 aliphatic rings. The molecule has 4 aromatic rings. The second kappa shape index (κ2) is 11.8. The number of benzene rings is 2. The van der Waals surface area contributed by atoms with Crippen LogP contribution >= 0.6 is 0 Å². The predicted octanol–water partition coefficient (Wildman–Crippen LogP) is 4.46. The lowest BCUT2D eigenvalue weighted by Gasteiger charge is -2.35. The Morgan fingerprint density at radius 2 is 1.67 bits per heavy atom. The highest BCUT2D eigenvalue weighted by atomic mass is 32.2. The zero-order chi connectivity index (χ0) is 27.3. The Kier molecular flexibility index (Phi) is 8.20. The van der Waals surface area contributed by atoms with E-state index in [1.165, 1.54) is 12.1 Å². The monoisotopic (exact) mass is 549 g/mol. The average molecular weight is 550 g/mol. The molecular weight excluding hydrogens is 518 g/mol. The van der Waals surface area contributed by atoms with Crippen LogP contribution in [0.5, 0.6) is 0 Å². The molecule has 0 saturated carbocycles. The minimum absolute atomic E-state index is 0.0339. The van der Waals surface area contributed by atoms with Gasteiger partial charge in [-0.1, -0.05) is 36.4 Å². The summed E-state index contributed by atoms with van der Waals surface area (Å²) in [5.41, 5.74) is 3.55. The van der Waals surface area contributed by atoms with E-state index >= 15 is 0 Å². The van der Waals surface area contributed by atoms with Gasteiger partial charge in [0.1, 0.15) is 11.3 Å². The fraction of sp³-hybridized carbons (Fsp3) is 0.310. The number of ether oxygens (including phenoxy) is 3. The molecule has 9 nitrogen and oxygen atoms in total. The summed E-state index contributed by atoms with van der Waals surface area (Å²) in [4.78, 5) is 9.58. The summed E-state index contributed by atoms with van der Waals surface area (Å²) in [6.07, 6.45) is 1.98. The molecule has 1 aliphatic heterocycles. The molecule has 0 amide bonds. The molecule has 0 atom stereocenters. The van der Waals surface area contributed by atoms with Crippen LogP contribution in [0.4, 0.5) is 0 Å². The summed E-state index contributed by atoms with van der Waals surface area (Å²) in [6, 6.07) is 21.8. The lowest BCUT2D eigenvalue weighted by Crippen LogP contribution is -2.36. The molecule has 2 aromatic heterocycles. The van der Waals surface area contributed by atoms with Crippen molar-refractivity contribution in [1.29, 1.82) is 0 Å². The molecule has 0 bridgehead atoms. The van der Waals surface area contributed by atoms with E-state index in [0.717, 1.165) is 29.8 Å². The molecule has 5 rings (SSSR count). The van der Waals surface area contributed by atoms with Crippen LogP contribution in [0.2, 0.25) is 0 Å². The van der Waals surface area contributed by atoms with Crippen LogP contribution in [0.1, 0.15) is 30.1 Å². The van der Waals surface area contributed by atoms with Gasteiger partial charge in [0.05, 0.1) is 29.5 Å². The third-order valence-electron chi connectivity index (χ3n) is 6.84. The van der Waals surface area contributed by atoms with E-state index in [1.807, 2.05) is 48.5 Å². The van der Waals surface area contributed by atoms with Gasteiger partial charge in [-0.15, -0.1) is 0 Å². The second-order valence-electron chi connectivity index (χ2n) is 9.35. The van der Waals surface area contributed by atoms with E-state index < -0.39 is 15.6 Å². The van der Waals surface area contributed by atoms with E-state index in [4.69, 9.17) is 33.7 Å². The van der Waals surface area contributed by atoms with E-state index in [0.29, 0.717) is 55.8 Å². The van der Waals surface area contributed by atoms with Crippen LogP contribution in [-0.2, 0) is 42.9 Å². The minimum atomic E-state index is -3.79. The van der Waals surface area contributed by atoms with Crippen LogP contribution < -0.4 is 5.14 Å².